The van der Waals surface area contributed by atoms with E-state index in [4.69, 9.17) is 4.42 Å². The minimum absolute atomic E-state index is 0.0315. The van der Waals surface area contributed by atoms with Gasteiger partial charge in [-0.2, -0.15) is 0 Å². The smallest absolute Gasteiger partial charge is 0.240 e. The normalized spacial score (nSPS) is 26.4. The van der Waals surface area contributed by atoms with Crippen LogP contribution in [0.15, 0.2) is 35.0 Å². The van der Waals surface area contributed by atoms with Crippen LogP contribution < -0.4 is 5.32 Å². The van der Waals surface area contributed by atoms with Gasteiger partial charge in [0.1, 0.15) is 12.3 Å². The molecule has 1 aliphatic carbocycles. The first-order valence-electron chi connectivity index (χ1n) is 10.2. The number of fused-ring (bicyclic) bond motifs is 1. The number of carbonyl (C=O) groups excluding carboxylic acids is 3. The number of rotatable bonds is 6. The second-order valence-corrected chi connectivity index (χ2v) is 7.85. The van der Waals surface area contributed by atoms with Crippen LogP contribution in [0.25, 0.3) is 0 Å². The van der Waals surface area contributed by atoms with E-state index >= 15 is 0 Å². The largest absolute Gasteiger partial charge is 0.468 e. The fourth-order valence-electron chi connectivity index (χ4n) is 4.56. The lowest BCUT2D eigenvalue weighted by Crippen LogP contribution is -2.45. The van der Waals surface area contributed by atoms with Gasteiger partial charge in [0.2, 0.25) is 17.7 Å². The lowest BCUT2D eigenvalue weighted by Gasteiger charge is -2.33. The summed E-state index contributed by atoms with van der Waals surface area (Å²) in [5.41, 5.74) is 0. The van der Waals surface area contributed by atoms with Crippen LogP contribution in [0.5, 0.6) is 0 Å². The number of amides is 3. The molecule has 0 bridgehead atoms. The Labute approximate surface area is 164 Å². The van der Waals surface area contributed by atoms with Crippen molar-refractivity contribution < 1.29 is 18.8 Å². The maximum absolute atomic E-state index is 12.5. The molecule has 1 aromatic rings. The molecule has 3 amide bonds. The molecule has 3 atom stereocenters. The van der Waals surface area contributed by atoms with Gasteiger partial charge in [-0.05, 0) is 50.9 Å². The van der Waals surface area contributed by atoms with Crippen molar-refractivity contribution in [3.05, 3.63) is 36.3 Å². The molecule has 2 saturated heterocycles. The Kier molecular flexibility index (Phi) is 5.62. The van der Waals surface area contributed by atoms with Crippen LogP contribution >= 0.6 is 0 Å². The summed E-state index contributed by atoms with van der Waals surface area (Å²) in [5, 5.41) is 2.92. The highest BCUT2D eigenvalue weighted by Crippen LogP contribution is 2.34. The summed E-state index contributed by atoms with van der Waals surface area (Å²) in [6.45, 7) is 2.15. The maximum Gasteiger partial charge on any atom is 0.240 e. The molecule has 0 saturated carbocycles. The summed E-state index contributed by atoms with van der Waals surface area (Å²) < 4.78 is 5.59. The van der Waals surface area contributed by atoms with Gasteiger partial charge in [-0.1, -0.05) is 18.6 Å². The van der Waals surface area contributed by atoms with E-state index in [2.05, 4.69) is 10.2 Å². The molecule has 3 heterocycles. The standard InChI is InChI=1S/C21H27N3O4/c25-19(14-24-20(26)15-7-2-3-8-16(15)21(24)27)22-13-17(18-9-6-12-28-18)23-10-4-1-5-11-23/h2-3,6,9,12,15-17H,1,4-5,7-8,10-11,13-14H2,(H,22,25)/t15-,16-,17+/m1/s1. The number of nitrogens with zero attached hydrogens (tertiary/aromatic N) is 2. The SMILES string of the molecule is O=C(CN1C(=O)[C@@H]2CC=CC[C@H]2C1=O)NC[C@@H](c1ccco1)N1CCCCC1. The average Bonchev–Trinajstić information content (AvgIpc) is 3.33. The van der Waals surface area contributed by atoms with Crippen molar-refractivity contribution in [1.29, 1.82) is 0 Å². The fourth-order valence-corrected chi connectivity index (χ4v) is 4.56. The Hall–Kier alpha value is -2.41. The summed E-state index contributed by atoms with van der Waals surface area (Å²) in [4.78, 5) is 41.1. The first-order valence-corrected chi connectivity index (χ1v) is 10.2. The summed E-state index contributed by atoms with van der Waals surface area (Å²) in [7, 11) is 0. The number of nitrogens with one attached hydrogen (secondary N) is 1. The number of piperidine rings is 1. The highest BCUT2D eigenvalue weighted by Gasteiger charge is 2.47. The lowest BCUT2D eigenvalue weighted by molar-refractivity contribution is -0.143. The number of allylic oxidation sites excluding steroid dienone is 2. The van der Waals surface area contributed by atoms with Gasteiger partial charge in [-0.25, -0.2) is 0 Å². The Morgan fingerprint density at radius 2 is 1.79 bits per heavy atom. The van der Waals surface area contributed by atoms with Crippen LogP contribution in [-0.4, -0.2) is 53.7 Å². The predicted molar refractivity (Wildman–Crippen MR) is 102 cm³/mol. The summed E-state index contributed by atoms with van der Waals surface area (Å²) in [5.74, 6) is -0.500. The highest BCUT2D eigenvalue weighted by molar-refractivity contribution is 6.07. The quantitative estimate of drug-likeness (QED) is 0.597. The molecule has 7 heteroatoms. The van der Waals surface area contributed by atoms with Gasteiger partial charge in [0.25, 0.3) is 0 Å². The third-order valence-electron chi connectivity index (χ3n) is 6.10. The third kappa shape index (κ3) is 3.76. The van der Waals surface area contributed by atoms with Crippen molar-refractivity contribution in [2.24, 2.45) is 11.8 Å². The van der Waals surface area contributed by atoms with E-state index in [0.29, 0.717) is 19.4 Å². The molecular formula is C21H27N3O4. The van der Waals surface area contributed by atoms with Crippen LogP contribution in [0.2, 0.25) is 0 Å². The second-order valence-electron chi connectivity index (χ2n) is 7.85. The van der Waals surface area contributed by atoms with Gasteiger partial charge < -0.3 is 9.73 Å². The molecule has 1 aromatic heterocycles. The third-order valence-corrected chi connectivity index (χ3v) is 6.10. The first-order chi connectivity index (χ1) is 13.6. The van der Waals surface area contributed by atoms with Gasteiger partial charge in [0.15, 0.2) is 0 Å². The lowest BCUT2D eigenvalue weighted by atomic mass is 9.85. The number of hydrogen-bond acceptors (Lipinski definition) is 5. The van der Waals surface area contributed by atoms with Crippen LogP contribution in [0.3, 0.4) is 0 Å². The summed E-state index contributed by atoms with van der Waals surface area (Å²) >= 11 is 0. The summed E-state index contributed by atoms with van der Waals surface area (Å²) in [6, 6.07) is 3.75. The summed E-state index contributed by atoms with van der Waals surface area (Å²) in [6.07, 6.45) is 10.2. The van der Waals surface area contributed by atoms with E-state index in [1.807, 2.05) is 24.3 Å². The number of imide groups is 1. The maximum atomic E-state index is 12.5. The molecular weight excluding hydrogens is 358 g/mol. The Morgan fingerprint density at radius 3 is 2.39 bits per heavy atom. The zero-order chi connectivity index (χ0) is 19.5. The van der Waals surface area contributed by atoms with Crippen molar-refractivity contribution in [1.82, 2.24) is 15.1 Å². The number of furan rings is 1. The molecule has 28 heavy (non-hydrogen) atoms. The van der Waals surface area contributed by atoms with Crippen molar-refractivity contribution in [2.75, 3.05) is 26.2 Å². The molecule has 2 aliphatic heterocycles. The van der Waals surface area contributed by atoms with E-state index in [0.717, 1.165) is 36.6 Å². The number of hydrogen-bond donors (Lipinski definition) is 1. The van der Waals surface area contributed by atoms with Crippen molar-refractivity contribution >= 4 is 17.7 Å². The average molecular weight is 385 g/mol. The minimum atomic E-state index is -0.304. The number of likely N-dealkylation sites (tertiary alicyclic amines) is 2. The molecule has 0 radical (unpaired) electrons. The zero-order valence-corrected chi connectivity index (χ0v) is 16.0. The van der Waals surface area contributed by atoms with Crippen LogP contribution in [0.4, 0.5) is 0 Å². The molecule has 7 nitrogen and oxygen atoms in total. The molecule has 2 fully saturated rings. The first kappa shape index (κ1) is 18.9. The van der Waals surface area contributed by atoms with Gasteiger partial charge in [0.05, 0.1) is 24.1 Å². The monoisotopic (exact) mass is 385 g/mol. The molecule has 3 aliphatic rings. The van der Waals surface area contributed by atoms with E-state index in [-0.39, 0.29) is 42.1 Å². The number of carbonyl (C=O) groups is 3. The predicted octanol–water partition coefficient (Wildman–Crippen LogP) is 1.87. The molecule has 150 valence electrons. The Balaban J connectivity index is 1.36. The van der Waals surface area contributed by atoms with Crippen molar-refractivity contribution in [3.63, 3.8) is 0 Å². The van der Waals surface area contributed by atoms with E-state index in [1.165, 1.54) is 6.42 Å². The molecule has 1 N–H and O–H groups in total. The topological polar surface area (TPSA) is 82.9 Å². The fraction of sp³-hybridized carbons (Fsp3) is 0.571. The molecule has 0 aromatic carbocycles. The van der Waals surface area contributed by atoms with Gasteiger partial charge in [-0.15, -0.1) is 0 Å². The van der Waals surface area contributed by atoms with E-state index in [9.17, 15) is 14.4 Å². The van der Waals surface area contributed by atoms with E-state index in [1.54, 1.807) is 6.26 Å². The zero-order valence-electron chi connectivity index (χ0n) is 16.0. The minimum Gasteiger partial charge on any atom is -0.468 e. The Morgan fingerprint density at radius 1 is 1.11 bits per heavy atom. The van der Waals surface area contributed by atoms with E-state index < -0.39 is 0 Å². The van der Waals surface area contributed by atoms with Crippen LogP contribution in [0.1, 0.15) is 43.9 Å². The van der Waals surface area contributed by atoms with Gasteiger partial charge in [0, 0.05) is 6.54 Å². The van der Waals surface area contributed by atoms with Crippen LogP contribution in [0, 0.1) is 11.8 Å². The van der Waals surface area contributed by atoms with Crippen molar-refractivity contribution in [3.8, 4) is 0 Å². The molecule has 0 spiro atoms. The van der Waals surface area contributed by atoms with Gasteiger partial charge in [-0.3, -0.25) is 24.2 Å². The second kappa shape index (κ2) is 8.31. The molecule has 0 unspecified atom stereocenters. The van der Waals surface area contributed by atoms with Gasteiger partial charge >= 0.3 is 0 Å². The highest BCUT2D eigenvalue weighted by atomic mass is 16.3. The molecule has 4 rings (SSSR count). The van der Waals surface area contributed by atoms with Crippen LogP contribution in [-0.2, 0) is 14.4 Å². The Bertz CT molecular complexity index is 726. The van der Waals surface area contributed by atoms with Crippen molar-refractivity contribution in [2.45, 2.75) is 38.1 Å².